The number of anilines is 1. The van der Waals surface area contributed by atoms with Crippen LogP contribution >= 0.6 is 23.1 Å². The zero-order valence-corrected chi connectivity index (χ0v) is 20.5. The molecule has 2 amide bonds. The van der Waals surface area contributed by atoms with Crippen LogP contribution in [0.25, 0.3) is 0 Å². The predicted molar refractivity (Wildman–Crippen MR) is 129 cm³/mol. The summed E-state index contributed by atoms with van der Waals surface area (Å²) in [5.41, 5.74) is 0. The molecule has 0 aromatic carbocycles. The number of carbonyl (C=O) groups excluding carboxylic acids is 1. The van der Waals surface area contributed by atoms with Crippen molar-refractivity contribution in [3.63, 3.8) is 0 Å². The highest BCUT2D eigenvalue weighted by Gasteiger charge is 2.34. The van der Waals surface area contributed by atoms with E-state index >= 15 is 0 Å². The van der Waals surface area contributed by atoms with Gasteiger partial charge < -0.3 is 9.64 Å². The van der Waals surface area contributed by atoms with Gasteiger partial charge in [-0.05, 0) is 44.4 Å². The third-order valence-electron chi connectivity index (χ3n) is 7.04. The van der Waals surface area contributed by atoms with Crippen molar-refractivity contribution in [3.05, 3.63) is 6.20 Å². The van der Waals surface area contributed by atoms with Gasteiger partial charge in [0.25, 0.3) is 0 Å². The molecular weight excluding hydrogens is 428 g/mol. The summed E-state index contributed by atoms with van der Waals surface area (Å²) in [5.74, 6) is 1.84. The molecule has 2 heterocycles. The number of aromatic nitrogens is 1. The largest absolute Gasteiger partial charge is 0.379 e. The molecular formula is C23H38N4O2S2. The van der Waals surface area contributed by atoms with Crippen LogP contribution in [-0.2, 0) is 4.74 Å². The molecule has 1 saturated heterocycles. The summed E-state index contributed by atoms with van der Waals surface area (Å²) in [5, 5.41) is 3.90. The van der Waals surface area contributed by atoms with Gasteiger partial charge in [0.15, 0.2) is 5.13 Å². The van der Waals surface area contributed by atoms with Crippen molar-refractivity contribution in [2.75, 3.05) is 43.9 Å². The maximum absolute atomic E-state index is 13.4. The van der Waals surface area contributed by atoms with E-state index in [1.165, 1.54) is 36.3 Å². The molecule has 3 aliphatic rings. The minimum absolute atomic E-state index is 0.0747. The van der Waals surface area contributed by atoms with Gasteiger partial charge in [0.1, 0.15) is 0 Å². The van der Waals surface area contributed by atoms with E-state index in [1.54, 1.807) is 11.3 Å². The van der Waals surface area contributed by atoms with Gasteiger partial charge in [0.2, 0.25) is 0 Å². The number of nitrogens with one attached hydrogen (secondary N) is 1. The predicted octanol–water partition coefficient (Wildman–Crippen LogP) is 5.31. The number of amides is 2. The molecule has 0 unspecified atom stereocenters. The zero-order chi connectivity index (χ0) is 21.5. The third kappa shape index (κ3) is 6.83. The van der Waals surface area contributed by atoms with Crippen LogP contribution in [0.15, 0.2) is 10.4 Å². The summed E-state index contributed by atoms with van der Waals surface area (Å²) in [7, 11) is 0. The number of nitrogens with zero attached hydrogens (tertiary/aromatic N) is 3. The Morgan fingerprint density at radius 3 is 2.61 bits per heavy atom. The van der Waals surface area contributed by atoms with Crippen molar-refractivity contribution in [1.82, 2.24) is 14.8 Å². The summed E-state index contributed by atoms with van der Waals surface area (Å²) >= 11 is 3.44. The summed E-state index contributed by atoms with van der Waals surface area (Å²) in [4.78, 5) is 22.6. The second-order valence-corrected chi connectivity index (χ2v) is 11.8. The first kappa shape index (κ1) is 23.3. The second kappa shape index (κ2) is 11.9. The van der Waals surface area contributed by atoms with Crippen LogP contribution in [0.1, 0.15) is 64.7 Å². The van der Waals surface area contributed by atoms with Gasteiger partial charge in [-0.1, -0.05) is 37.5 Å². The first-order valence-corrected chi connectivity index (χ1v) is 14.0. The summed E-state index contributed by atoms with van der Waals surface area (Å²) < 4.78 is 6.60. The Bertz CT molecular complexity index is 681. The summed E-state index contributed by atoms with van der Waals surface area (Å²) in [6.07, 6.45) is 12.8. The monoisotopic (exact) mass is 466 g/mol. The lowest BCUT2D eigenvalue weighted by molar-refractivity contribution is 0.0410. The van der Waals surface area contributed by atoms with Crippen molar-refractivity contribution < 1.29 is 9.53 Å². The Hall–Kier alpha value is -0.830. The van der Waals surface area contributed by atoms with E-state index in [2.05, 4.69) is 27.0 Å². The molecule has 6 nitrogen and oxygen atoms in total. The van der Waals surface area contributed by atoms with Gasteiger partial charge in [-0.3, -0.25) is 10.2 Å². The molecule has 3 fully saturated rings. The number of rotatable bonds is 7. The van der Waals surface area contributed by atoms with Crippen molar-refractivity contribution in [2.45, 2.75) is 81.0 Å². The average Bonchev–Trinajstić information content (AvgIpc) is 3.24. The van der Waals surface area contributed by atoms with Gasteiger partial charge in [-0.2, -0.15) is 0 Å². The number of carbonyl (C=O) groups is 1. The molecule has 31 heavy (non-hydrogen) atoms. The van der Waals surface area contributed by atoms with Gasteiger partial charge in [-0.15, -0.1) is 11.8 Å². The van der Waals surface area contributed by atoms with Gasteiger partial charge in [-0.25, -0.2) is 9.78 Å². The molecule has 0 bridgehead atoms. The maximum Gasteiger partial charge on any atom is 0.324 e. The highest BCUT2D eigenvalue weighted by molar-refractivity contribution is 8.01. The molecule has 4 rings (SSSR count). The van der Waals surface area contributed by atoms with Gasteiger partial charge >= 0.3 is 6.03 Å². The highest BCUT2D eigenvalue weighted by atomic mass is 32.2. The van der Waals surface area contributed by atoms with Crippen molar-refractivity contribution in [3.8, 4) is 0 Å². The van der Waals surface area contributed by atoms with Crippen LogP contribution in [0.3, 0.4) is 0 Å². The molecule has 2 saturated carbocycles. The van der Waals surface area contributed by atoms with E-state index in [0.717, 1.165) is 75.3 Å². The number of hydrogen-bond acceptors (Lipinski definition) is 6. The van der Waals surface area contributed by atoms with E-state index in [-0.39, 0.29) is 6.03 Å². The molecule has 0 spiro atoms. The Kier molecular flexibility index (Phi) is 8.93. The molecule has 174 valence electrons. The minimum atomic E-state index is 0.0747. The van der Waals surface area contributed by atoms with E-state index in [9.17, 15) is 4.79 Å². The molecule has 1 N–H and O–H groups in total. The maximum atomic E-state index is 13.4. The Morgan fingerprint density at radius 2 is 1.87 bits per heavy atom. The smallest absolute Gasteiger partial charge is 0.324 e. The first-order valence-electron chi connectivity index (χ1n) is 12.2. The number of ether oxygens (including phenoxy) is 1. The highest BCUT2D eigenvalue weighted by Crippen LogP contribution is 2.34. The lowest BCUT2D eigenvalue weighted by Crippen LogP contribution is -2.51. The number of hydrogen-bond donors (Lipinski definition) is 1. The topological polar surface area (TPSA) is 57.7 Å². The Balaban J connectivity index is 1.31. The SMILES string of the molecule is C[C@H]1CC[C@H](N(C(=O)Nc2ncc(SCCN3CCOCC3)s2)C2CCCCC2)CC1. The van der Waals surface area contributed by atoms with E-state index in [0.29, 0.717) is 12.1 Å². The lowest BCUT2D eigenvalue weighted by Gasteiger charge is -2.42. The van der Waals surface area contributed by atoms with Crippen molar-refractivity contribution >= 4 is 34.3 Å². The fourth-order valence-corrected chi connectivity index (χ4v) is 7.09. The normalized spacial score (nSPS) is 26.0. The summed E-state index contributed by atoms with van der Waals surface area (Å²) in [6.45, 7) is 7.17. The Labute approximate surface area is 195 Å². The summed E-state index contributed by atoms with van der Waals surface area (Å²) in [6, 6.07) is 0.863. The number of morpholine rings is 1. The van der Waals surface area contributed by atoms with E-state index in [1.807, 2.05) is 18.0 Å². The van der Waals surface area contributed by atoms with Crippen LogP contribution < -0.4 is 5.32 Å². The molecule has 8 heteroatoms. The second-order valence-electron chi connectivity index (χ2n) is 9.33. The fraction of sp³-hybridized carbons (Fsp3) is 0.826. The van der Waals surface area contributed by atoms with Crippen LogP contribution in [-0.4, -0.2) is 71.5 Å². The van der Waals surface area contributed by atoms with E-state index in [4.69, 9.17) is 4.74 Å². The zero-order valence-electron chi connectivity index (χ0n) is 18.9. The van der Waals surface area contributed by atoms with Crippen LogP contribution in [0, 0.1) is 5.92 Å². The Morgan fingerprint density at radius 1 is 1.16 bits per heavy atom. The molecule has 1 aromatic rings. The third-order valence-corrected chi connectivity index (χ3v) is 9.12. The molecule has 0 atom stereocenters. The van der Waals surface area contributed by atoms with Crippen LogP contribution in [0.5, 0.6) is 0 Å². The van der Waals surface area contributed by atoms with E-state index < -0.39 is 0 Å². The molecule has 0 radical (unpaired) electrons. The number of urea groups is 1. The van der Waals surface area contributed by atoms with Gasteiger partial charge in [0.05, 0.1) is 23.6 Å². The first-order chi connectivity index (χ1) is 15.2. The molecule has 1 aromatic heterocycles. The van der Waals surface area contributed by atoms with Crippen molar-refractivity contribution in [1.29, 1.82) is 0 Å². The number of thioether (sulfide) groups is 1. The standard InChI is InChI=1S/C23H38N4O2S2/c1-18-7-9-20(10-8-18)27(19-5-3-2-4-6-19)23(28)25-22-24-17-21(31-22)30-16-13-26-11-14-29-15-12-26/h17-20H,2-16H2,1H3,(H,24,25,28)/t18-,20-. The molecule has 2 aliphatic carbocycles. The lowest BCUT2D eigenvalue weighted by atomic mass is 9.84. The van der Waals surface area contributed by atoms with Crippen LogP contribution in [0.2, 0.25) is 0 Å². The minimum Gasteiger partial charge on any atom is -0.379 e. The average molecular weight is 467 g/mol. The van der Waals surface area contributed by atoms with Crippen molar-refractivity contribution in [2.24, 2.45) is 5.92 Å². The molecule has 1 aliphatic heterocycles. The fourth-order valence-electron chi connectivity index (χ4n) is 5.15. The van der Waals surface area contributed by atoms with Gasteiger partial charge in [0, 0.05) is 37.5 Å². The number of thiazole rings is 1. The van der Waals surface area contributed by atoms with Crippen LogP contribution in [0.4, 0.5) is 9.93 Å². The quantitative estimate of drug-likeness (QED) is 0.552.